The fraction of sp³-hybridized carbons (Fsp3) is 0.0588. The number of halogens is 1. The van der Waals surface area contributed by atoms with E-state index in [2.05, 4.69) is 26.2 Å². The topological polar surface area (TPSA) is 68.0 Å². The Morgan fingerprint density at radius 1 is 1.13 bits per heavy atom. The van der Waals surface area contributed by atoms with Crippen LogP contribution in [-0.2, 0) is 0 Å². The molecule has 4 nitrogen and oxygen atoms in total. The maximum absolute atomic E-state index is 12.4. The third-order valence-corrected chi connectivity index (χ3v) is 4.63. The van der Waals surface area contributed by atoms with E-state index >= 15 is 0 Å². The van der Waals surface area contributed by atoms with Crippen LogP contribution in [0.4, 0.5) is 10.1 Å². The molecule has 23 heavy (non-hydrogen) atoms. The highest BCUT2D eigenvalue weighted by Gasteiger charge is 2.15. The predicted octanol–water partition coefficient (Wildman–Crippen LogP) is 4.72. The van der Waals surface area contributed by atoms with E-state index in [-0.39, 0.29) is 5.91 Å². The molecule has 3 N–H and O–H groups in total. The molecule has 116 valence electrons. The first-order valence-corrected chi connectivity index (χ1v) is 8.54. The summed E-state index contributed by atoms with van der Waals surface area (Å²) in [6.45, 7) is 2.02. The molecule has 1 aromatic heterocycles. The molecule has 0 fully saturated rings. The summed E-state index contributed by atoms with van der Waals surface area (Å²) in [4.78, 5) is 16.7. The highest BCUT2D eigenvalue weighted by Crippen LogP contribution is 2.34. The lowest BCUT2D eigenvalue weighted by molar-refractivity contribution is 0.102. The number of aromatic nitrogens is 1. The van der Waals surface area contributed by atoms with E-state index in [9.17, 15) is 4.79 Å². The highest BCUT2D eigenvalue weighted by atomic mass is 79.9. The molecule has 0 aliphatic rings. The van der Waals surface area contributed by atoms with Crippen LogP contribution >= 0.6 is 27.3 Å². The van der Waals surface area contributed by atoms with Gasteiger partial charge in [-0.15, -0.1) is 0 Å². The smallest absolute Gasteiger partial charge is 0.256 e. The molecule has 6 heteroatoms. The van der Waals surface area contributed by atoms with E-state index in [1.165, 1.54) is 11.3 Å². The Balaban J connectivity index is 1.90. The monoisotopic (exact) mass is 387 g/mol. The van der Waals surface area contributed by atoms with Crippen LogP contribution in [0.1, 0.15) is 15.9 Å². The molecule has 0 aliphatic carbocycles. The van der Waals surface area contributed by atoms with Crippen LogP contribution in [0.5, 0.6) is 0 Å². The van der Waals surface area contributed by atoms with Crippen LogP contribution in [0.2, 0.25) is 0 Å². The molecular formula is C17H14BrN3OS. The molecule has 1 heterocycles. The average molecular weight is 388 g/mol. The van der Waals surface area contributed by atoms with E-state index in [1.807, 2.05) is 43.3 Å². The molecular weight excluding hydrogens is 374 g/mol. The molecule has 3 aromatic rings. The second-order valence-corrected chi connectivity index (χ2v) is 7.00. The number of rotatable bonds is 3. The molecule has 0 atom stereocenters. The van der Waals surface area contributed by atoms with Gasteiger partial charge in [0.05, 0.1) is 0 Å². The van der Waals surface area contributed by atoms with Crippen LogP contribution < -0.4 is 11.1 Å². The summed E-state index contributed by atoms with van der Waals surface area (Å²) >= 11 is 4.62. The van der Waals surface area contributed by atoms with Crippen LogP contribution in [0, 0.1) is 6.92 Å². The Bertz CT molecular complexity index is 841. The number of amides is 1. The SMILES string of the molecule is Cc1ccc(-c2nc(N)sc2NC(=O)c2ccc(Br)cc2)cc1. The second kappa shape index (κ2) is 6.52. The molecule has 3 rings (SSSR count). The minimum absolute atomic E-state index is 0.186. The Labute approximate surface area is 146 Å². The number of aryl methyl sites for hydroxylation is 1. The van der Waals surface area contributed by atoms with Crippen LogP contribution in [0.3, 0.4) is 0 Å². The van der Waals surface area contributed by atoms with Crippen molar-refractivity contribution in [2.45, 2.75) is 6.92 Å². The second-order valence-electron chi connectivity index (χ2n) is 5.06. The lowest BCUT2D eigenvalue weighted by Gasteiger charge is -2.06. The Hall–Kier alpha value is -2.18. The third kappa shape index (κ3) is 3.60. The first-order valence-electron chi connectivity index (χ1n) is 6.93. The van der Waals surface area contributed by atoms with Gasteiger partial charge in [-0.1, -0.05) is 57.1 Å². The van der Waals surface area contributed by atoms with Gasteiger partial charge in [0.15, 0.2) is 5.13 Å². The first-order chi connectivity index (χ1) is 11.0. The van der Waals surface area contributed by atoms with Crippen molar-refractivity contribution in [2.24, 2.45) is 0 Å². The van der Waals surface area contributed by atoms with Crippen LogP contribution in [-0.4, -0.2) is 10.9 Å². The highest BCUT2D eigenvalue weighted by molar-refractivity contribution is 9.10. The van der Waals surface area contributed by atoms with Crippen molar-refractivity contribution in [1.29, 1.82) is 0 Å². The van der Waals surface area contributed by atoms with Crippen LogP contribution in [0.15, 0.2) is 53.0 Å². The van der Waals surface area contributed by atoms with Gasteiger partial charge < -0.3 is 11.1 Å². The lowest BCUT2D eigenvalue weighted by Crippen LogP contribution is -2.11. The number of benzene rings is 2. The summed E-state index contributed by atoms with van der Waals surface area (Å²) in [5, 5.41) is 3.98. The van der Waals surface area contributed by atoms with E-state index in [4.69, 9.17) is 5.73 Å². The fourth-order valence-corrected chi connectivity index (χ4v) is 3.12. The lowest BCUT2D eigenvalue weighted by atomic mass is 10.1. The number of nitrogens with two attached hydrogens (primary N) is 1. The van der Waals surface area contributed by atoms with Crippen LogP contribution in [0.25, 0.3) is 11.3 Å². The van der Waals surface area contributed by atoms with Gasteiger partial charge in [0.25, 0.3) is 5.91 Å². The summed E-state index contributed by atoms with van der Waals surface area (Å²) in [7, 11) is 0. The van der Waals surface area contributed by atoms with E-state index in [0.717, 1.165) is 15.6 Å². The van der Waals surface area contributed by atoms with Gasteiger partial charge in [-0.05, 0) is 31.2 Å². The van der Waals surface area contributed by atoms with Gasteiger partial charge >= 0.3 is 0 Å². The minimum Gasteiger partial charge on any atom is -0.375 e. The van der Waals surface area contributed by atoms with Gasteiger partial charge in [0.1, 0.15) is 10.7 Å². The van der Waals surface area contributed by atoms with Crippen molar-refractivity contribution in [2.75, 3.05) is 11.1 Å². The quantitative estimate of drug-likeness (QED) is 0.683. The van der Waals surface area contributed by atoms with Crippen molar-refractivity contribution in [1.82, 2.24) is 4.98 Å². The standard InChI is InChI=1S/C17H14BrN3OS/c1-10-2-4-11(5-3-10)14-16(23-17(19)20-14)21-15(22)12-6-8-13(18)9-7-12/h2-9H,1H3,(H2,19,20)(H,21,22). The summed E-state index contributed by atoms with van der Waals surface area (Å²) in [6, 6.07) is 15.1. The molecule has 0 saturated heterocycles. The summed E-state index contributed by atoms with van der Waals surface area (Å²) in [5.41, 5.74) is 9.19. The zero-order chi connectivity index (χ0) is 16.4. The third-order valence-electron chi connectivity index (χ3n) is 3.30. The van der Waals surface area contributed by atoms with Gasteiger partial charge in [-0.3, -0.25) is 4.79 Å². The molecule has 0 unspecified atom stereocenters. The first kappa shape index (κ1) is 15.7. The number of thiazole rings is 1. The predicted molar refractivity (Wildman–Crippen MR) is 98.8 cm³/mol. The normalized spacial score (nSPS) is 10.5. The molecule has 0 saturated carbocycles. The summed E-state index contributed by atoms with van der Waals surface area (Å²) in [5.74, 6) is -0.186. The fourth-order valence-electron chi connectivity index (χ4n) is 2.11. The number of carbonyl (C=O) groups excluding carboxylic acids is 1. The number of nitrogen functional groups attached to an aromatic ring is 1. The number of hydrogen-bond acceptors (Lipinski definition) is 4. The van der Waals surface area contributed by atoms with Gasteiger partial charge in [-0.25, -0.2) is 4.98 Å². The van der Waals surface area contributed by atoms with Gasteiger partial charge in [0, 0.05) is 15.6 Å². The largest absolute Gasteiger partial charge is 0.375 e. The molecule has 0 radical (unpaired) electrons. The van der Waals surface area contributed by atoms with E-state index < -0.39 is 0 Å². The minimum atomic E-state index is -0.186. The van der Waals surface area contributed by atoms with Crippen molar-refractivity contribution < 1.29 is 4.79 Å². The zero-order valence-electron chi connectivity index (χ0n) is 12.3. The van der Waals surface area contributed by atoms with Crippen molar-refractivity contribution in [3.63, 3.8) is 0 Å². The maximum atomic E-state index is 12.4. The van der Waals surface area contributed by atoms with E-state index in [0.29, 0.717) is 21.4 Å². The number of nitrogens with zero attached hydrogens (tertiary/aromatic N) is 1. The van der Waals surface area contributed by atoms with Crippen molar-refractivity contribution >= 4 is 43.3 Å². The average Bonchev–Trinajstić information content (AvgIpc) is 2.89. The molecule has 0 aliphatic heterocycles. The Morgan fingerprint density at radius 2 is 1.78 bits per heavy atom. The number of nitrogens with one attached hydrogen (secondary N) is 1. The molecule has 0 spiro atoms. The summed E-state index contributed by atoms with van der Waals surface area (Å²) < 4.78 is 0.927. The van der Waals surface area contributed by atoms with Gasteiger partial charge in [0.2, 0.25) is 0 Å². The molecule has 1 amide bonds. The van der Waals surface area contributed by atoms with E-state index in [1.54, 1.807) is 12.1 Å². The summed E-state index contributed by atoms with van der Waals surface area (Å²) in [6.07, 6.45) is 0. The maximum Gasteiger partial charge on any atom is 0.256 e. The number of hydrogen-bond donors (Lipinski definition) is 2. The molecule has 2 aromatic carbocycles. The Morgan fingerprint density at radius 3 is 2.43 bits per heavy atom. The number of carbonyl (C=O) groups is 1. The van der Waals surface area contributed by atoms with Crippen molar-refractivity contribution in [3.8, 4) is 11.3 Å². The Kier molecular flexibility index (Phi) is 4.45. The number of anilines is 2. The van der Waals surface area contributed by atoms with Crippen molar-refractivity contribution in [3.05, 3.63) is 64.1 Å². The zero-order valence-corrected chi connectivity index (χ0v) is 14.7. The molecule has 0 bridgehead atoms. The van der Waals surface area contributed by atoms with Gasteiger partial charge in [-0.2, -0.15) is 0 Å².